The highest BCUT2D eigenvalue weighted by Gasteiger charge is 2.30. The van der Waals surface area contributed by atoms with Crippen LogP contribution in [-0.2, 0) is 0 Å². The maximum absolute atomic E-state index is 14.5. The van der Waals surface area contributed by atoms with E-state index in [1.54, 1.807) is 35.1 Å². The predicted molar refractivity (Wildman–Crippen MR) is 118 cm³/mol. The SMILES string of the molecule is N#Cc1ccc2nc(-c3cnn4ccc(N5CCC[C@@H]5c5cc(F)ccc5F)nc34)[nH]c2c1. The summed E-state index contributed by atoms with van der Waals surface area (Å²) in [6.45, 7) is 0.689. The van der Waals surface area contributed by atoms with E-state index in [-0.39, 0.29) is 6.04 Å². The number of nitrogens with zero attached hydrogens (tertiary/aromatic N) is 6. The second-order valence-corrected chi connectivity index (χ2v) is 8.06. The van der Waals surface area contributed by atoms with E-state index in [2.05, 4.69) is 21.1 Å². The van der Waals surface area contributed by atoms with Gasteiger partial charge in [-0.2, -0.15) is 10.4 Å². The van der Waals surface area contributed by atoms with Gasteiger partial charge in [0.1, 0.15) is 23.3 Å². The first-order chi connectivity index (χ1) is 16.1. The Morgan fingerprint density at radius 1 is 1.09 bits per heavy atom. The Labute approximate surface area is 186 Å². The fourth-order valence-electron chi connectivity index (χ4n) is 4.53. The van der Waals surface area contributed by atoms with Gasteiger partial charge in [0, 0.05) is 18.3 Å². The maximum Gasteiger partial charge on any atom is 0.168 e. The van der Waals surface area contributed by atoms with Crippen LogP contribution in [0.1, 0.15) is 30.0 Å². The van der Waals surface area contributed by atoms with Gasteiger partial charge in [-0.25, -0.2) is 23.3 Å². The molecule has 4 heterocycles. The molecule has 9 heteroatoms. The Morgan fingerprint density at radius 3 is 2.88 bits per heavy atom. The average molecular weight is 441 g/mol. The van der Waals surface area contributed by atoms with E-state index >= 15 is 0 Å². The van der Waals surface area contributed by atoms with Gasteiger partial charge in [-0.1, -0.05) is 0 Å². The minimum atomic E-state index is -0.454. The summed E-state index contributed by atoms with van der Waals surface area (Å²) in [5, 5.41) is 13.5. The molecule has 5 aromatic rings. The lowest BCUT2D eigenvalue weighted by molar-refractivity contribution is 0.560. The second kappa shape index (κ2) is 7.38. The Bertz CT molecular complexity index is 1560. The molecule has 0 amide bonds. The Hall–Kier alpha value is -4.32. The maximum atomic E-state index is 14.5. The van der Waals surface area contributed by atoms with Crippen molar-refractivity contribution in [3.8, 4) is 17.5 Å². The van der Waals surface area contributed by atoms with E-state index in [4.69, 9.17) is 10.2 Å². The summed E-state index contributed by atoms with van der Waals surface area (Å²) >= 11 is 0. The van der Waals surface area contributed by atoms with E-state index in [9.17, 15) is 8.78 Å². The molecular formula is C24H17F2N7. The van der Waals surface area contributed by atoms with Crippen LogP contribution in [-0.4, -0.2) is 31.1 Å². The van der Waals surface area contributed by atoms with Crippen molar-refractivity contribution in [2.75, 3.05) is 11.4 Å². The van der Waals surface area contributed by atoms with Crippen LogP contribution in [0, 0.1) is 23.0 Å². The molecule has 1 atom stereocenters. The summed E-state index contributed by atoms with van der Waals surface area (Å²) in [5.41, 5.74) is 3.68. The molecule has 6 rings (SSSR count). The number of imidazole rings is 1. The van der Waals surface area contributed by atoms with Gasteiger partial charge < -0.3 is 9.88 Å². The topological polar surface area (TPSA) is 85.9 Å². The first kappa shape index (κ1) is 19.4. The monoisotopic (exact) mass is 441 g/mol. The third kappa shape index (κ3) is 3.19. The molecule has 1 aliphatic heterocycles. The van der Waals surface area contributed by atoms with Crippen molar-refractivity contribution in [1.29, 1.82) is 5.26 Å². The molecule has 0 bridgehead atoms. The first-order valence-corrected chi connectivity index (χ1v) is 10.6. The van der Waals surface area contributed by atoms with Crippen molar-refractivity contribution < 1.29 is 8.78 Å². The minimum absolute atomic E-state index is 0.294. The molecule has 2 aromatic carbocycles. The number of halogens is 2. The van der Waals surface area contributed by atoms with Crippen molar-refractivity contribution in [2.45, 2.75) is 18.9 Å². The van der Waals surface area contributed by atoms with Crippen LogP contribution in [0.5, 0.6) is 0 Å². The number of aromatic nitrogens is 5. The van der Waals surface area contributed by atoms with E-state index in [1.165, 1.54) is 12.1 Å². The van der Waals surface area contributed by atoms with Crippen LogP contribution >= 0.6 is 0 Å². The highest BCUT2D eigenvalue weighted by atomic mass is 19.1. The fraction of sp³-hybridized carbons (Fsp3) is 0.167. The van der Waals surface area contributed by atoms with Crippen molar-refractivity contribution >= 4 is 22.5 Å². The molecule has 162 valence electrons. The van der Waals surface area contributed by atoms with Gasteiger partial charge in [0.25, 0.3) is 0 Å². The molecule has 1 fully saturated rings. The van der Waals surface area contributed by atoms with Crippen LogP contribution in [0.25, 0.3) is 28.1 Å². The molecule has 1 N–H and O–H groups in total. The van der Waals surface area contributed by atoms with E-state index in [1.807, 2.05) is 11.0 Å². The van der Waals surface area contributed by atoms with Gasteiger partial charge in [-0.15, -0.1) is 0 Å². The Balaban J connectivity index is 1.42. The smallest absolute Gasteiger partial charge is 0.168 e. The molecule has 0 spiro atoms. The number of hydrogen-bond acceptors (Lipinski definition) is 5. The molecule has 0 radical (unpaired) electrons. The summed E-state index contributed by atoms with van der Waals surface area (Å²) in [6.07, 6.45) is 5.05. The van der Waals surface area contributed by atoms with Crippen molar-refractivity contribution in [1.82, 2.24) is 24.6 Å². The van der Waals surface area contributed by atoms with Gasteiger partial charge in [-0.3, -0.25) is 0 Å². The van der Waals surface area contributed by atoms with Crippen LogP contribution in [0.15, 0.2) is 54.9 Å². The van der Waals surface area contributed by atoms with Crippen LogP contribution in [0.2, 0.25) is 0 Å². The number of fused-ring (bicyclic) bond motifs is 2. The summed E-state index contributed by atoms with van der Waals surface area (Å²) in [7, 11) is 0. The average Bonchev–Trinajstić information content (AvgIpc) is 3.57. The molecule has 33 heavy (non-hydrogen) atoms. The lowest BCUT2D eigenvalue weighted by Crippen LogP contribution is -2.24. The van der Waals surface area contributed by atoms with Gasteiger partial charge in [0.2, 0.25) is 0 Å². The molecule has 0 unspecified atom stereocenters. The number of benzene rings is 2. The van der Waals surface area contributed by atoms with Crippen molar-refractivity contribution in [3.63, 3.8) is 0 Å². The third-order valence-corrected chi connectivity index (χ3v) is 6.08. The zero-order valence-corrected chi connectivity index (χ0v) is 17.3. The van der Waals surface area contributed by atoms with E-state index in [0.717, 1.165) is 23.5 Å². The standard InChI is InChI=1S/C24H17F2N7/c25-15-4-5-18(26)16(11-15)21-2-1-8-32(21)22-7-9-33-24(31-22)17(13-28-33)23-29-19-6-3-14(12-27)10-20(19)30-23/h3-7,9-11,13,21H,1-2,8H2,(H,29,30)/t21-/m1/s1. The van der Waals surface area contributed by atoms with Gasteiger partial charge in [0.05, 0.1) is 40.5 Å². The molecule has 7 nitrogen and oxygen atoms in total. The van der Waals surface area contributed by atoms with Crippen LogP contribution in [0.3, 0.4) is 0 Å². The van der Waals surface area contributed by atoms with Crippen molar-refractivity contribution in [2.24, 2.45) is 0 Å². The molecule has 1 saturated heterocycles. The molecule has 3 aromatic heterocycles. The number of nitrogens with one attached hydrogen (secondary N) is 1. The van der Waals surface area contributed by atoms with Crippen LogP contribution < -0.4 is 4.90 Å². The number of anilines is 1. The highest BCUT2D eigenvalue weighted by molar-refractivity contribution is 5.83. The molecular weight excluding hydrogens is 424 g/mol. The van der Waals surface area contributed by atoms with Gasteiger partial charge >= 0.3 is 0 Å². The zero-order valence-electron chi connectivity index (χ0n) is 17.3. The van der Waals surface area contributed by atoms with Gasteiger partial charge in [0.15, 0.2) is 5.65 Å². The number of aromatic amines is 1. The predicted octanol–water partition coefficient (Wildman–Crippen LogP) is 4.76. The molecule has 0 saturated carbocycles. The number of hydrogen-bond donors (Lipinski definition) is 1. The third-order valence-electron chi connectivity index (χ3n) is 6.08. The fourth-order valence-corrected chi connectivity index (χ4v) is 4.53. The van der Waals surface area contributed by atoms with Crippen molar-refractivity contribution in [3.05, 3.63) is 77.6 Å². The second-order valence-electron chi connectivity index (χ2n) is 8.06. The Morgan fingerprint density at radius 2 is 2.00 bits per heavy atom. The Kier molecular flexibility index (Phi) is 4.33. The summed E-state index contributed by atoms with van der Waals surface area (Å²) in [4.78, 5) is 14.7. The number of H-pyrrole nitrogens is 1. The normalized spacial score (nSPS) is 16.0. The largest absolute Gasteiger partial charge is 0.349 e. The summed E-state index contributed by atoms with van der Waals surface area (Å²) < 4.78 is 30.0. The van der Waals surface area contributed by atoms with Crippen LogP contribution in [0.4, 0.5) is 14.6 Å². The first-order valence-electron chi connectivity index (χ1n) is 10.6. The number of nitriles is 1. The highest BCUT2D eigenvalue weighted by Crippen LogP contribution is 2.37. The zero-order chi connectivity index (χ0) is 22.5. The summed E-state index contributed by atoms with van der Waals surface area (Å²) in [6, 6.07) is 12.5. The van der Waals surface area contributed by atoms with E-state index in [0.29, 0.717) is 46.9 Å². The van der Waals surface area contributed by atoms with E-state index < -0.39 is 11.6 Å². The molecule has 0 aliphatic carbocycles. The van der Waals surface area contributed by atoms with Gasteiger partial charge in [-0.05, 0) is 55.3 Å². The lowest BCUT2D eigenvalue weighted by Gasteiger charge is -2.26. The minimum Gasteiger partial charge on any atom is -0.349 e. The quantitative estimate of drug-likeness (QED) is 0.436. The lowest BCUT2D eigenvalue weighted by atomic mass is 10.0. The summed E-state index contributed by atoms with van der Waals surface area (Å²) in [5.74, 6) is 0.384. The molecule has 1 aliphatic rings. The number of rotatable bonds is 3.